The van der Waals surface area contributed by atoms with Crippen molar-refractivity contribution in [3.8, 4) is 5.75 Å². The third-order valence-electron chi connectivity index (χ3n) is 3.05. The molecule has 1 N–H and O–H groups in total. The molecule has 0 amide bonds. The van der Waals surface area contributed by atoms with Gasteiger partial charge in [-0.05, 0) is 18.2 Å². The molecule has 1 fully saturated rings. The summed E-state index contributed by atoms with van der Waals surface area (Å²) in [6.45, 7) is 3.48. The van der Waals surface area contributed by atoms with Crippen LogP contribution in [0.2, 0.25) is 0 Å². The Labute approximate surface area is 115 Å². The number of halogens is 1. The summed E-state index contributed by atoms with van der Waals surface area (Å²) >= 11 is 3.42. The van der Waals surface area contributed by atoms with Gasteiger partial charge in [-0.15, -0.1) is 0 Å². The molecule has 5 heteroatoms. The van der Waals surface area contributed by atoms with Crippen molar-refractivity contribution in [2.75, 3.05) is 26.2 Å². The first kappa shape index (κ1) is 13.4. The smallest absolute Gasteiger partial charge is 0.120 e. The molecule has 0 aliphatic carbocycles. The summed E-state index contributed by atoms with van der Waals surface area (Å²) in [7, 11) is 0. The lowest BCUT2D eigenvalue weighted by Gasteiger charge is -2.26. The Bertz CT molecular complexity index is 413. The topological polar surface area (TPSA) is 45.1 Å². The van der Waals surface area contributed by atoms with Crippen LogP contribution in [-0.4, -0.2) is 42.1 Å². The third kappa shape index (κ3) is 3.99. The highest BCUT2D eigenvalue weighted by Crippen LogP contribution is 2.17. The minimum atomic E-state index is 0.683. The largest absolute Gasteiger partial charge is 0.492 e. The summed E-state index contributed by atoms with van der Waals surface area (Å²) in [4.78, 5) is 2.33. The van der Waals surface area contributed by atoms with E-state index in [-0.39, 0.29) is 0 Å². The first-order valence-electron chi connectivity index (χ1n) is 6.08. The van der Waals surface area contributed by atoms with Crippen LogP contribution < -0.4 is 4.74 Å². The van der Waals surface area contributed by atoms with Gasteiger partial charge in [-0.1, -0.05) is 27.2 Å². The first-order valence-corrected chi connectivity index (χ1v) is 6.88. The van der Waals surface area contributed by atoms with Crippen LogP contribution in [0.15, 0.2) is 33.9 Å². The lowest BCUT2D eigenvalue weighted by atomic mass is 10.1. The molecule has 1 aromatic carbocycles. The molecule has 1 aromatic rings. The van der Waals surface area contributed by atoms with Gasteiger partial charge < -0.3 is 9.94 Å². The van der Waals surface area contributed by atoms with Crippen molar-refractivity contribution in [1.29, 1.82) is 0 Å². The molecule has 2 rings (SSSR count). The van der Waals surface area contributed by atoms with Crippen LogP contribution in [0.1, 0.15) is 12.8 Å². The Morgan fingerprint density at radius 2 is 2.11 bits per heavy atom. The second kappa shape index (κ2) is 6.75. The average Bonchev–Trinajstić information content (AvgIpc) is 2.40. The molecule has 0 aromatic heterocycles. The molecule has 0 unspecified atom stereocenters. The lowest BCUT2D eigenvalue weighted by Crippen LogP contribution is -2.36. The van der Waals surface area contributed by atoms with E-state index in [1.807, 2.05) is 24.3 Å². The van der Waals surface area contributed by atoms with E-state index in [1.165, 1.54) is 0 Å². The Morgan fingerprint density at radius 1 is 1.33 bits per heavy atom. The zero-order chi connectivity index (χ0) is 12.8. The van der Waals surface area contributed by atoms with Crippen LogP contribution in [0, 0.1) is 0 Å². The Morgan fingerprint density at radius 3 is 2.78 bits per heavy atom. The minimum Gasteiger partial charge on any atom is -0.492 e. The van der Waals surface area contributed by atoms with E-state index < -0.39 is 0 Å². The number of piperidine rings is 1. The number of rotatable bonds is 4. The fraction of sp³-hybridized carbons (Fsp3) is 0.462. The molecule has 4 nitrogen and oxygen atoms in total. The van der Waals surface area contributed by atoms with Crippen molar-refractivity contribution in [2.45, 2.75) is 12.8 Å². The molecular weight excluding hydrogens is 296 g/mol. The highest BCUT2D eigenvalue weighted by Gasteiger charge is 2.14. The molecule has 1 aliphatic heterocycles. The zero-order valence-electron chi connectivity index (χ0n) is 10.2. The molecule has 98 valence electrons. The Kier molecular flexibility index (Phi) is 5.01. The molecule has 0 radical (unpaired) electrons. The van der Waals surface area contributed by atoms with Crippen molar-refractivity contribution in [3.63, 3.8) is 0 Å². The molecule has 1 saturated heterocycles. The number of benzene rings is 1. The summed E-state index contributed by atoms with van der Waals surface area (Å²) < 4.78 is 6.72. The first-order chi connectivity index (χ1) is 8.78. The zero-order valence-corrected chi connectivity index (χ0v) is 11.8. The predicted molar refractivity (Wildman–Crippen MR) is 74.5 cm³/mol. The van der Waals surface area contributed by atoms with Gasteiger partial charge in [0.25, 0.3) is 0 Å². The highest BCUT2D eigenvalue weighted by atomic mass is 79.9. The van der Waals surface area contributed by atoms with Gasteiger partial charge in [0.15, 0.2) is 0 Å². The fourth-order valence-corrected chi connectivity index (χ4v) is 2.36. The molecule has 1 heterocycles. The predicted octanol–water partition coefficient (Wildman–Crippen LogP) is 2.75. The van der Waals surface area contributed by atoms with Crippen LogP contribution >= 0.6 is 15.9 Å². The summed E-state index contributed by atoms with van der Waals surface area (Å²) in [5.74, 6) is 0.888. The second-order valence-corrected chi connectivity index (χ2v) is 5.23. The summed E-state index contributed by atoms with van der Waals surface area (Å²) in [5.41, 5.74) is 0.902. The van der Waals surface area contributed by atoms with E-state index in [0.29, 0.717) is 6.61 Å². The second-order valence-electron chi connectivity index (χ2n) is 4.31. The van der Waals surface area contributed by atoms with Gasteiger partial charge in [-0.25, -0.2) is 0 Å². The number of hydrogen-bond donors (Lipinski definition) is 1. The van der Waals surface area contributed by atoms with E-state index in [4.69, 9.17) is 9.94 Å². The third-order valence-corrected chi connectivity index (χ3v) is 3.54. The molecule has 18 heavy (non-hydrogen) atoms. The molecule has 0 saturated carbocycles. The maximum Gasteiger partial charge on any atom is 0.120 e. The van der Waals surface area contributed by atoms with Crippen molar-refractivity contribution in [1.82, 2.24) is 4.90 Å². The van der Waals surface area contributed by atoms with E-state index in [9.17, 15) is 0 Å². The molecule has 0 spiro atoms. The fourth-order valence-electron chi connectivity index (χ4n) is 1.98. The Hall–Kier alpha value is -1.07. The van der Waals surface area contributed by atoms with Crippen molar-refractivity contribution < 1.29 is 9.94 Å². The van der Waals surface area contributed by atoms with Gasteiger partial charge in [0.1, 0.15) is 12.4 Å². The molecule has 0 atom stereocenters. The van der Waals surface area contributed by atoms with E-state index in [0.717, 1.165) is 48.4 Å². The minimum absolute atomic E-state index is 0.683. The van der Waals surface area contributed by atoms with Crippen molar-refractivity contribution in [3.05, 3.63) is 28.7 Å². The summed E-state index contributed by atoms with van der Waals surface area (Å²) in [6, 6.07) is 7.86. The molecule has 1 aliphatic rings. The lowest BCUT2D eigenvalue weighted by molar-refractivity contribution is 0.206. The molecule has 0 bridgehead atoms. The average molecular weight is 313 g/mol. The van der Waals surface area contributed by atoms with E-state index in [1.54, 1.807) is 0 Å². The number of hydrogen-bond acceptors (Lipinski definition) is 4. The summed E-state index contributed by atoms with van der Waals surface area (Å²) in [6.07, 6.45) is 1.71. The SMILES string of the molecule is ON=C1CCN(CCOc2cccc(Br)c2)CC1. The monoisotopic (exact) mass is 312 g/mol. The number of oxime groups is 1. The number of likely N-dealkylation sites (tertiary alicyclic amines) is 1. The highest BCUT2D eigenvalue weighted by molar-refractivity contribution is 9.10. The van der Waals surface area contributed by atoms with Gasteiger partial charge in [-0.2, -0.15) is 0 Å². The van der Waals surface area contributed by atoms with Gasteiger partial charge in [0, 0.05) is 36.9 Å². The maximum atomic E-state index is 8.67. The van der Waals surface area contributed by atoms with Crippen molar-refractivity contribution >= 4 is 21.6 Å². The standard InChI is InChI=1S/C13H17BrN2O2/c14-11-2-1-3-13(10-11)18-9-8-16-6-4-12(15-17)5-7-16/h1-3,10,17H,4-9H2. The van der Waals surface area contributed by atoms with Crippen LogP contribution in [0.25, 0.3) is 0 Å². The van der Waals surface area contributed by atoms with Crippen LogP contribution in [0.3, 0.4) is 0 Å². The van der Waals surface area contributed by atoms with Gasteiger partial charge >= 0.3 is 0 Å². The van der Waals surface area contributed by atoms with Gasteiger partial charge in [0.05, 0.1) is 5.71 Å². The van der Waals surface area contributed by atoms with Crippen LogP contribution in [0.4, 0.5) is 0 Å². The number of nitrogens with zero attached hydrogens (tertiary/aromatic N) is 2. The quantitative estimate of drug-likeness (QED) is 0.687. The molecular formula is C13H17BrN2O2. The van der Waals surface area contributed by atoms with E-state index >= 15 is 0 Å². The van der Waals surface area contributed by atoms with Gasteiger partial charge in [0.2, 0.25) is 0 Å². The van der Waals surface area contributed by atoms with Gasteiger partial charge in [-0.3, -0.25) is 4.90 Å². The van der Waals surface area contributed by atoms with E-state index in [2.05, 4.69) is 26.0 Å². The maximum absolute atomic E-state index is 8.67. The normalized spacial score (nSPS) is 16.6. The Balaban J connectivity index is 1.70. The summed E-state index contributed by atoms with van der Waals surface area (Å²) in [5, 5.41) is 11.9. The van der Waals surface area contributed by atoms with Crippen LogP contribution in [0.5, 0.6) is 5.75 Å². The van der Waals surface area contributed by atoms with Crippen LogP contribution in [-0.2, 0) is 0 Å². The number of ether oxygens (including phenoxy) is 1. The van der Waals surface area contributed by atoms with Crippen molar-refractivity contribution in [2.24, 2.45) is 5.16 Å².